The van der Waals surface area contributed by atoms with Gasteiger partial charge in [-0.15, -0.1) is 0 Å². The molecule has 1 aliphatic rings. The van der Waals surface area contributed by atoms with Crippen molar-refractivity contribution in [2.75, 3.05) is 13.1 Å². The smallest absolute Gasteiger partial charge is 0.117 e. The van der Waals surface area contributed by atoms with Gasteiger partial charge in [0.25, 0.3) is 0 Å². The first-order valence-electron chi connectivity index (χ1n) is 8.33. The molecule has 0 atom stereocenters. The molecule has 0 aliphatic carbocycles. The van der Waals surface area contributed by atoms with Crippen LogP contribution < -0.4 is 5.32 Å². The molecule has 0 unspecified atom stereocenters. The molecule has 0 radical (unpaired) electrons. The van der Waals surface area contributed by atoms with Crippen molar-refractivity contribution in [2.24, 2.45) is 5.92 Å². The topological polar surface area (TPSA) is 28.4 Å². The van der Waals surface area contributed by atoms with Crippen LogP contribution in [0.3, 0.4) is 0 Å². The molecule has 2 aromatic rings. The van der Waals surface area contributed by atoms with E-state index in [1.807, 2.05) is 12.1 Å². The van der Waals surface area contributed by atoms with Gasteiger partial charge in [-0.25, -0.2) is 0 Å². The van der Waals surface area contributed by atoms with Gasteiger partial charge in [-0.1, -0.05) is 31.2 Å². The number of nitrogens with one attached hydrogen (secondary N) is 1. The minimum Gasteiger partial charge on any atom is -0.468 e. The van der Waals surface area contributed by atoms with Gasteiger partial charge >= 0.3 is 0 Å². The molecular formula is C19H26N2O. The van der Waals surface area contributed by atoms with Gasteiger partial charge in [0.1, 0.15) is 5.76 Å². The number of hydrogen-bond donors (Lipinski definition) is 1. The maximum atomic E-state index is 5.31. The number of piperidine rings is 1. The largest absolute Gasteiger partial charge is 0.468 e. The van der Waals surface area contributed by atoms with Crippen LogP contribution in [-0.4, -0.2) is 18.0 Å². The molecule has 0 saturated carbocycles. The van der Waals surface area contributed by atoms with E-state index in [4.69, 9.17) is 4.42 Å². The Morgan fingerprint density at radius 3 is 2.45 bits per heavy atom. The maximum Gasteiger partial charge on any atom is 0.117 e. The molecule has 0 amide bonds. The predicted octanol–water partition coefficient (Wildman–Crippen LogP) is 3.80. The third-order valence-corrected chi connectivity index (χ3v) is 4.51. The van der Waals surface area contributed by atoms with E-state index < -0.39 is 0 Å². The molecule has 3 heteroatoms. The first-order valence-corrected chi connectivity index (χ1v) is 8.33. The number of likely N-dealkylation sites (tertiary alicyclic amines) is 1. The molecule has 3 rings (SSSR count). The molecule has 1 fully saturated rings. The molecule has 3 nitrogen and oxygen atoms in total. The number of nitrogens with zero attached hydrogens (tertiary/aromatic N) is 1. The van der Waals surface area contributed by atoms with Crippen molar-refractivity contribution in [1.29, 1.82) is 0 Å². The Bertz CT molecular complexity index is 539. The van der Waals surface area contributed by atoms with Crippen molar-refractivity contribution >= 4 is 0 Å². The van der Waals surface area contributed by atoms with Crippen LogP contribution in [0.15, 0.2) is 47.1 Å². The Morgan fingerprint density at radius 2 is 1.77 bits per heavy atom. The summed E-state index contributed by atoms with van der Waals surface area (Å²) >= 11 is 0. The van der Waals surface area contributed by atoms with Crippen molar-refractivity contribution in [2.45, 2.75) is 39.4 Å². The second kappa shape index (κ2) is 7.61. The molecule has 0 spiro atoms. The Balaban J connectivity index is 1.43. The van der Waals surface area contributed by atoms with Crippen LogP contribution in [0.2, 0.25) is 0 Å². The molecule has 118 valence electrons. The molecule has 1 N–H and O–H groups in total. The SMILES string of the molecule is CC1CCN(Cc2ccc(CNCc3ccco3)cc2)CC1. The Hall–Kier alpha value is -1.58. The molecule has 1 saturated heterocycles. The van der Waals surface area contributed by atoms with Gasteiger partial charge < -0.3 is 9.73 Å². The van der Waals surface area contributed by atoms with E-state index in [0.717, 1.165) is 31.3 Å². The molecule has 1 aliphatic heterocycles. The van der Waals surface area contributed by atoms with Gasteiger partial charge in [-0.3, -0.25) is 4.90 Å². The van der Waals surface area contributed by atoms with E-state index in [-0.39, 0.29) is 0 Å². The van der Waals surface area contributed by atoms with Crippen LogP contribution in [0.5, 0.6) is 0 Å². The first-order chi connectivity index (χ1) is 10.8. The fourth-order valence-corrected chi connectivity index (χ4v) is 2.98. The summed E-state index contributed by atoms with van der Waals surface area (Å²) in [6, 6.07) is 12.9. The lowest BCUT2D eigenvalue weighted by Crippen LogP contribution is -2.32. The van der Waals surface area contributed by atoms with E-state index in [2.05, 4.69) is 41.4 Å². The third-order valence-electron chi connectivity index (χ3n) is 4.51. The van der Waals surface area contributed by atoms with Crippen molar-refractivity contribution in [3.63, 3.8) is 0 Å². The summed E-state index contributed by atoms with van der Waals surface area (Å²) in [7, 11) is 0. The molecule has 22 heavy (non-hydrogen) atoms. The van der Waals surface area contributed by atoms with Gasteiger partial charge in [-0.05, 0) is 55.1 Å². The van der Waals surface area contributed by atoms with E-state index >= 15 is 0 Å². The van der Waals surface area contributed by atoms with Gasteiger partial charge in [0.15, 0.2) is 0 Å². The van der Waals surface area contributed by atoms with Crippen molar-refractivity contribution in [1.82, 2.24) is 10.2 Å². The highest BCUT2D eigenvalue weighted by atomic mass is 16.3. The van der Waals surface area contributed by atoms with Crippen LogP contribution in [0, 0.1) is 5.92 Å². The number of furan rings is 1. The van der Waals surface area contributed by atoms with Crippen LogP contribution in [0.4, 0.5) is 0 Å². The summed E-state index contributed by atoms with van der Waals surface area (Å²) < 4.78 is 5.31. The number of benzene rings is 1. The lowest BCUT2D eigenvalue weighted by atomic mass is 9.99. The summed E-state index contributed by atoms with van der Waals surface area (Å²) in [5.41, 5.74) is 2.74. The second-order valence-electron chi connectivity index (χ2n) is 6.46. The average Bonchev–Trinajstić information content (AvgIpc) is 3.05. The minimum absolute atomic E-state index is 0.778. The third kappa shape index (κ3) is 4.46. The predicted molar refractivity (Wildman–Crippen MR) is 89.4 cm³/mol. The zero-order valence-corrected chi connectivity index (χ0v) is 13.4. The van der Waals surface area contributed by atoms with Gasteiger partial charge in [0, 0.05) is 13.1 Å². The Kier molecular flexibility index (Phi) is 5.30. The zero-order valence-electron chi connectivity index (χ0n) is 13.4. The monoisotopic (exact) mass is 298 g/mol. The van der Waals surface area contributed by atoms with Crippen LogP contribution in [-0.2, 0) is 19.6 Å². The van der Waals surface area contributed by atoms with E-state index in [0.29, 0.717) is 0 Å². The average molecular weight is 298 g/mol. The van der Waals surface area contributed by atoms with Crippen molar-refractivity contribution in [3.05, 3.63) is 59.5 Å². The lowest BCUT2D eigenvalue weighted by Gasteiger charge is -2.30. The fourth-order valence-electron chi connectivity index (χ4n) is 2.98. The van der Waals surface area contributed by atoms with E-state index in [9.17, 15) is 0 Å². The zero-order chi connectivity index (χ0) is 15.2. The molecule has 1 aromatic carbocycles. The minimum atomic E-state index is 0.778. The normalized spacial score (nSPS) is 17.0. The van der Waals surface area contributed by atoms with Crippen LogP contribution >= 0.6 is 0 Å². The highest BCUT2D eigenvalue weighted by Gasteiger charge is 2.15. The summed E-state index contributed by atoms with van der Waals surface area (Å²) in [4.78, 5) is 2.57. The standard InChI is InChI=1S/C19H26N2O/c1-16-8-10-21(11-9-16)15-18-6-4-17(5-7-18)13-20-14-19-3-2-12-22-19/h2-7,12,16,20H,8-11,13-15H2,1H3. The highest BCUT2D eigenvalue weighted by molar-refractivity contribution is 5.22. The Labute approximate surface area is 133 Å². The fraction of sp³-hybridized carbons (Fsp3) is 0.474. The van der Waals surface area contributed by atoms with Crippen molar-refractivity contribution in [3.8, 4) is 0 Å². The second-order valence-corrected chi connectivity index (χ2v) is 6.46. The molecule has 1 aromatic heterocycles. The van der Waals surface area contributed by atoms with Crippen molar-refractivity contribution < 1.29 is 4.42 Å². The summed E-state index contributed by atoms with van der Waals surface area (Å²) in [6.45, 7) is 7.60. The quantitative estimate of drug-likeness (QED) is 0.879. The summed E-state index contributed by atoms with van der Waals surface area (Å²) in [5.74, 6) is 1.88. The number of rotatable bonds is 6. The summed E-state index contributed by atoms with van der Waals surface area (Å²) in [6.07, 6.45) is 4.40. The molecule has 2 heterocycles. The Morgan fingerprint density at radius 1 is 1.05 bits per heavy atom. The molecule has 0 bridgehead atoms. The summed E-state index contributed by atoms with van der Waals surface area (Å²) in [5, 5.41) is 3.41. The van der Waals surface area contributed by atoms with Gasteiger partial charge in [-0.2, -0.15) is 0 Å². The van der Waals surface area contributed by atoms with E-state index in [1.54, 1.807) is 6.26 Å². The molecular weight excluding hydrogens is 272 g/mol. The maximum absolute atomic E-state index is 5.31. The van der Waals surface area contributed by atoms with Crippen LogP contribution in [0.25, 0.3) is 0 Å². The lowest BCUT2D eigenvalue weighted by molar-refractivity contribution is 0.185. The van der Waals surface area contributed by atoms with Crippen LogP contribution in [0.1, 0.15) is 36.7 Å². The highest BCUT2D eigenvalue weighted by Crippen LogP contribution is 2.18. The van der Waals surface area contributed by atoms with E-state index in [1.165, 1.54) is 37.1 Å². The first kappa shape index (κ1) is 15.3. The van der Waals surface area contributed by atoms with Gasteiger partial charge in [0.05, 0.1) is 12.8 Å². The van der Waals surface area contributed by atoms with Gasteiger partial charge in [0.2, 0.25) is 0 Å². The number of hydrogen-bond acceptors (Lipinski definition) is 3.